The molecule has 2 fully saturated rings. The average Bonchev–Trinajstić information content (AvgIpc) is 2.89. The van der Waals surface area contributed by atoms with Gasteiger partial charge in [0.2, 0.25) is 5.91 Å². The number of likely N-dealkylation sites (tertiary alicyclic amines) is 1. The highest BCUT2D eigenvalue weighted by Crippen LogP contribution is 2.22. The van der Waals surface area contributed by atoms with Gasteiger partial charge in [0.15, 0.2) is 0 Å². The molecule has 0 aliphatic carbocycles. The van der Waals surface area contributed by atoms with Crippen molar-refractivity contribution in [3.63, 3.8) is 0 Å². The van der Waals surface area contributed by atoms with Crippen molar-refractivity contribution >= 4 is 11.9 Å². The summed E-state index contributed by atoms with van der Waals surface area (Å²) in [5.74, 6) is -0.548. The molecule has 2 rings (SSSR count). The molecule has 2 saturated heterocycles. The molecule has 0 aromatic carbocycles. The molecule has 0 N–H and O–H groups in total. The molecule has 0 saturated carbocycles. The van der Waals surface area contributed by atoms with Gasteiger partial charge in [-0.1, -0.05) is 0 Å². The number of carbonyl (C=O) groups is 2. The summed E-state index contributed by atoms with van der Waals surface area (Å²) in [6, 6.07) is 0. The van der Waals surface area contributed by atoms with Crippen molar-refractivity contribution in [3.8, 4) is 0 Å². The monoisotopic (exact) mass is 227 g/mol. The van der Waals surface area contributed by atoms with Crippen LogP contribution in [0.2, 0.25) is 0 Å². The van der Waals surface area contributed by atoms with Gasteiger partial charge in [0.25, 0.3) is 0 Å². The van der Waals surface area contributed by atoms with E-state index in [1.165, 1.54) is 7.11 Å². The van der Waals surface area contributed by atoms with Gasteiger partial charge in [-0.15, -0.1) is 0 Å². The first-order chi connectivity index (χ1) is 7.70. The van der Waals surface area contributed by atoms with E-state index in [1.807, 2.05) is 0 Å². The van der Waals surface area contributed by atoms with E-state index in [1.54, 1.807) is 4.90 Å². The van der Waals surface area contributed by atoms with Crippen molar-refractivity contribution in [2.24, 2.45) is 5.92 Å². The summed E-state index contributed by atoms with van der Waals surface area (Å²) in [5.41, 5.74) is 0. The Labute approximate surface area is 94.7 Å². The minimum Gasteiger partial charge on any atom is -0.469 e. The highest BCUT2D eigenvalue weighted by atomic mass is 16.5. The van der Waals surface area contributed by atoms with Crippen LogP contribution in [0.5, 0.6) is 0 Å². The van der Waals surface area contributed by atoms with E-state index in [0.29, 0.717) is 13.1 Å². The second-order valence-electron chi connectivity index (χ2n) is 4.36. The summed E-state index contributed by atoms with van der Waals surface area (Å²) < 4.78 is 10.1. The molecule has 16 heavy (non-hydrogen) atoms. The molecule has 0 aromatic heterocycles. The number of hydrogen-bond acceptors (Lipinski definition) is 4. The molecule has 5 nitrogen and oxygen atoms in total. The quantitative estimate of drug-likeness (QED) is 0.646. The molecular weight excluding hydrogens is 210 g/mol. The molecule has 0 aromatic rings. The predicted octanol–water partition coefficient (Wildman–Crippen LogP) is 0.187. The summed E-state index contributed by atoms with van der Waals surface area (Å²) in [5, 5.41) is 0. The minimum atomic E-state index is -0.293. The first-order valence-corrected chi connectivity index (χ1v) is 5.68. The second kappa shape index (κ2) is 4.82. The summed E-state index contributed by atoms with van der Waals surface area (Å²) >= 11 is 0. The third kappa shape index (κ3) is 2.35. The maximum Gasteiger partial charge on any atom is 0.310 e. The van der Waals surface area contributed by atoms with Gasteiger partial charge in [-0.25, -0.2) is 0 Å². The van der Waals surface area contributed by atoms with Crippen molar-refractivity contribution in [3.05, 3.63) is 0 Å². The average molecular weight is 227 g/mol. The van der Waals surface area contributed by atoms with Gasteiger partial charge < -0.3 is 14.4 Å². The van der Waals surface area contributed by atoms with Crippen LogP contribution < -0.4 is 0 Å². The molecule has 2 atom stereocenters. The highest BCUT2D eigenvalue weighted by Gasteiger charge is 2.36. The van der Waals surface area contributed by atoms with Gasteiger partial charge in [0.05, 0.1) is 19.1 Å². The van der Waals surface area contributed by atoms with Gasteiger partial charge in [-0.3, -0.25) is 9.59 Å². The molecule has 2 unspecified atom stereocenters. The van der Waals surface area contributed by atoms with Crippen LogP contribution in [0.15, 0.2) is 0 Å². The zero-order chi connectivity index (χ0) is 11.5. The Morgan fingerprint density at radius 2 is 2.44 bits per heavy atom. The fourth-order valence-electron chi connectivity index (χ4n) is 2.31. The van der Waals surface area contributed by atoms with E-state index in [4.69, 9.17) is 4.74 Å². The molecule has 0 spiro atoms. The molecule has 1 amide bonds. The maximum atomic E-state index is 11.7. The molecular formula is C11H17NO4. The fourth-order valence-corrected chi connectivity index (χ4v) is 2.31. The van der Waals surface area contributed by atoms with Crippen molar-refractivity contribution in [1.29, 1.82) is 0 Å². The third-order valence-corrected chi connectivity index (χ3v) is 3.20. The van der Waals surface area contributed by atoms with E-state index in [0.717, 1.165) is 19.4 Å². The summed E-state index contributed by atoms with van der Waals surface area (Å²) in [4.78, 5) is 24.7. The van der Waals surface area contributed by atoms with Crippen molar-refractivity contribution < 1.29 is 19.1 Å². The lowest BCUT2D eigenvalue weighted by Gasteiger charge is -2.20. The number of hydrogen-bond donors (Lipinski definition) is 0. The smallest absolute Gasteiger partial charge is 0.310 e. The number of esters is 1. The van der Waals surface area contributed by atoms with Gasteiger partial charge in [-0.2, -0.15) is 0 Å². The van der Waals surface area contributed by atoms with Gasteiger partial charge in [-0.05, 0) is 12.8 Å². The van der Waals surface area contributed by atoms with E-state index in [9.17, 15) is 9.59 Å². The topological polar surface area (TPSA) is 55.8 Å². The lowest BCUT2D eigenvalue weighted by atomic mass is 10.1. The van der Waals surface area contributed by atoms with Crippen LogP contribution in [0.4, 0.5) is 0 Å². The lowest BCUT2D eigenvalue weighted by Crippen LogP contribution is -2.34. The van der Waals surface area contributed by atoms with Gasteiger partial charge in [0, 0.05) is 26.1 Å². The van der Waals surface area contributed by atoms with Gasteiger partial charge in [0.1, 0.15) is 0 Å². The predicted molar refractivity (Wildman–Crippen MR) is 55.7 cm³/mol. The van der Waals surface area contributed by atoms with E-state index < -0.39 is 0 Å². The first kappa shape index (κ1) is 11.4. The van der Waals surface area contributed by atoms with Crippen molar-refractivity contribution in [2.75, 3.05) is 26.8 Å². The second-order valence-corrected chi connectivity index (χ2v) is 4.36. The van der Waals surface area contributed by atoms with Crippen molar-refractivity contribution in [1.82, 2.24) is 4.90 Å². The van der Waals surface area contributed by atoms with Crippen LogP contribution in [-0.4, -0.2) is 49.7 Å². The molecule has 2 aliphatic heterocycles. The zero-order valence-electron chi connectivity index (χ0n) is 9.48. The Morgan fingerprint density at radius 3 is 3.06 bits per heavy atom. The van der Waals surface area contributed by atoms with Crippen LogP contribution in [0.25, 0.3) is 0 Å². The lowest BCUT2D eigenvalue weighted by molar-refractivity contribution is -0.145. The highest BCUT2D eigenvalue weighted by molar-refractivity contribution is 5.86. The summed E-state index contributed by atoms with van der Waals surface area (Å²) in [6.07, 6.45) is 2.50. The van der Waals surface area contributed by atoms with Crippen LogP contribution in [-0.2, 0) is 19.1 Å². The Hall–Kier alpha value is -1.10. The Kier molecular flexibility index (Phi) is 3.43. The number of methoxy groups -OCH3 is 1. The maximum absolute atomic E-state index is 11.7. The molecule has 5 heteroatoms. The number of rotatable bonds is 3. The van der Waals surface area contributed by atoms with Crippen molar-refractivity contribution in [2.45, 2.75) is 25.4 Å². The number of nitrogens with zero attached hydrogens (tertiary/aromatic N) is 1. The van der Waals surface area contributed by atoms with Crippen LogP contribution >= 0.6 is 0 Å². The molecule has 0 radical (unpaired) electrons. The van der Waals surface area contributed by atoms with E-state index in [-0.39, 0.29) is 30.3 Å². The first-order valence-electron chi connectivity index (χ1n) is 5.68. The fraction of sp³-hybridized carbons (Fsp3) is 0.818. The normalized spacial score (nSPS) is 29.8. The number of amides is 1. The van der Waals surface area contributed by atoms with Gasteiger partial charge >= 0.3 is 5.97 Å². The molecule has 2 aliphatic rings. The number of ether oxygens (including phenoxy) is 2. The zero-order valence-corrected chi connectivity index (χ0v) is 9.48. The third-order valence-electron chi connectivity index (χ3n) is 3.20. The summed E-state index contributed by atoms with van der Waals surface area (Å²) in [7, 11) is 1.36. The molecule has 2 heterocycles. The number of carbonyl (C=O) groups excluding carboxylic acids is 2. The van der Waals surface area contributed by atoms with Crippen LogP contribution in [0.1, 0.15) is 19.3 Å². The van der Waals surface area contributed by atoms with E-state index in [2.05, 4.69) is 4.74 Å². The minimum absolute atomic E-state index is 0.0332. The standard InChI is InChI=1S/C11H17NO4/c1-15-11(14)8-5-10(13)12(6-8)7-9-3-2-4-16-9/h8-9H,2-7H2,1H3. The Bertz CT molecular complexity index is 286. The SMILES string of the molecule is COC(=O)C1CC(=O)N(CC2CCCO2)C1. The molecule has 90 valence electrons. The van der Waals surface area contributed by atoms with Crippen LogP contribution in [0.3, 0.4) is 0 Å². The summed E-state index contributed by atoms with van der Waals surface area (Å²) in [6.45, 7) is 1.88. The largest absolute Gasteiger partial charge is 0.469 e. The molecule has 0 bridgehead atoms. The van der Waals surface area contributed by atoms with Crippen LogP contribution in [0, 0.1) is 5.92 Å². The Balaban J connectivity index is 1.86. The Morgan fingerprint density at radius 1 is 1.62 bits per heavy atom. The van der Waals surface area contributed by atoms with E-state index >= 15 is 0 Å².